The van der Waals surface area contributed by atoms with Gasteiger partial charge in [0.1, 0.15) is 6.26 Å². The van der Waals surface area contributed by atoms with Gasteiger partial charge >= 0.3 is 0 Å². The summed E-state index contributed by atoms with van der Waals surface area (Å²) in [6.07, 6.45) is 3.79. The topological polar surface area (TPSA) is 52.0 Å². The first-order chi connectivity index (χ1) is 4.93. The van der Waals surface area contributed by atoms with E-state index in [1.54, 1.807) is 6.20 Å². The summed E-state index contributed by atoms with van der Waals surface area (Å²) < 4.78 is 4.56. The largest absolute Gasteiger partial charge is 0.363 e. The van der Waals surface area contributed by atoms with E-state index in [0.29, 0.717) is 13.0 Å². The lowest BCUT2D eigenvalue weighted by Gasteiger charge is -1.76. The second-order valence-electron chi connectivity index (χ2n) is 1.75. The minimum atomic E-state index is 0.596. The number of rotatable bonds is 1. The highest BCUT2D eigenvalue weighted by molar-refractivity contribution is 5.27. The number of hydrogen-bond acceptors (Lipinski definition) is 3. The Balaban J connectivity index is 2.49. The highest BCUT2D eigenvalue weighted by Crippen LogP contribution is 1.91. The van der Waals surface area contributed by atoms with Gasteiger partial charge in [0, 0.05) is 13.0 Å². The van der Waals surface area contributed by atoms with Gasteiger partial charge in [0.2, 0.25) is 0 Å². The Morgan fingerprint density at radius 2 is 2.60 bits per heavy atom. The maximum atomic E-state index is 5.23. The van der Waals surface area contributed by atoms with Gasteiger partial charge in [-0.2, -0.15) is 0 Å². The molecule has 1 aromatic heterocycles. The third-order valence-corrected chi connectivity index (χ3v) is 0.934. The van der Waals surface area contributed by atoms with Gasteiger partial charge in [0.05, 0.1) is 11.8 Å². The fraction of sp³-hybridized carbons (Fsp3) is 0.286. The van der Waals surface area contributed by atoms with Crippen LogP contribution in [-0.4, -0.2) is 11.7 Å². The Kier molecular flexibility index (Phi) is 2.53. The van der Waals surface area contributed by atoms with Gasteiger partial charge in [-0.25, -0.2) is 0 Å². The smallest absolute Gasteiger partial charge is 0.139 e. The van der Waals surface area contributed by atoms with E-state index in [-0.39, 0.29) is 0 Å². The van der Waals surface area contributed by atoms with Crippen LogP contribution in [0.15, 0.2) is 17.0 Å². The van der Waals surface area contributed by atoms with E-state index < -0.39 is 0 Å². The van der Waals surface area contributed by atoms with Crippen molar-refractivity contribution in [1.29, 1.82) is 0 Å². The summed E-state index contributed by atoms with van der Waals surface area (Å²) in [5.74, 6) is 5.70. The van der Waals surface area contributed by atoms with Gasteiger partial charge in [0.15, 0.2) is 0 Å². The van der Waals surface area contributed by atoms with Crippen molar-refractivity contribution in [2.24, 2.45) is 5.73 Å². The van der Waals surface area contributed by atoms with E-state index in [1.165, 1.54) is 6.26 Å². The van der Waals surface area contributed by atoms with Gasteiger partial charge in [-0.3, -0.25) is 0 Å². The monoisotopic (exact) mass is 136 g/mol. The molecule has 0 radical (unpaired) electrons. The predicted molar refractivity (Wildman–Crippen MR) is 37.1 cm³/mol. The molecule has 10 heavy (non-hydrogen) atoms. The minimum Gasteiger partial charge on any atom is -0.363 e. The fourth-order valence-corrected chi connectivity index (χ4v) is 0.503. The molecule has 3 heteroatoms. The lowest BCUT2D eigenvalue weighted by Crippen LogP contribution is -1.95. The Morgan fingerprint density at radius 3 is 3.20 bits per heavy atom. The molecule has 0 saturated carbocycles. The van der Waals surface area contributed by atoms with Crippen molar-refractivity contribution < 1.29 is 4.52 Å². The van der Waals surface area contributed by atoms with E-state index in [4.69, 9.17) is 5.73 Å². The van der Waals surface area contributed by atoms with E-state index in [2.05, 4.69) is 21.5 Å². The van der Waals surface area contributed by atoms with Crippen molar-refractivity contribution in [1.82, 2.24) is 5.16 Å². The first kappa shape index (κ1) is 6.84. The molecule has 0 aliphatic heterocycles. The zero-order chi connectivity index (χ0) is 7.23. The van der Waals surface area contributed by atoms with Crippen molar-refractivity contribution in [2.45, 2.75) is 6.42 Å². The quantitative estimate of drug-likeness (QED) is 0.567. The van der Waals surface area contributed by atoms with E-state index in [1.807, 2.05) is 0 Å². The SMILES string of the molecule is NCCC#Cc1cnoc1. The number of aromatic nitrogens is 1. The second-order valence-corrected chi connectivity index (χ2v) is 1.75. The van der Waals surface area contributed by atoms with Crippen molar-refractivity contribution >= 4 is 0 Å². The Bertz CT molecular complexity index is 230. The Labute approximate surface area is 59.2 Å². The standard InChI is InChI=1S/C7H8N2O/c8-4-2-1-3-7-5-9-10-6-7/h5-6H,2,4,8H2. The Hall–Kier alpha value is -1.27. The minimum absolute atomic E-state index is 0.596. The third-order valence-electron chi connectivity index (χ3n) is 0.934. The fourth-order valence-electron chi connectivity index (χ4n) is 0.503. The molecule has 0 aliphatic carbocycles. The highest BCUT2D eigenvalue weighted by Gasteiger charge is 1.84. The van der Waals surface area contributed by atoms with Gasteiger partial charge < -0.3 is 10.3 Å². The van der Waals surface area contributed by atoms with Crippen molar-refractivity contribution in [3.05, 3.63) is 18.0 Å². The molecule has 0 amide bonds. The molecule has 2 N–H and O–H groups in total. The molecule has 0 aliphatic rings. The third kappa shape index (κ3) is 1.92. The van der Waals surface area contributed by atoms with E-state index in [0.717, 1.165) is 5.56 Å². The molecule has 1 heterocycles. The number of hydrogen-bond donors (Lipinski definition) is 1. The first-order valence-corrected chi connectivity index (χ1v) is 3.02. The van der Waals surface area contributed by atoms with Crippen LogP contribution < -0.4 is 5.73 Å². The molecule has 0 aromatic carbocycles. The summed E-state index contributed by atoms with van der Waals surface area (Å²) in [4.78, 5) is 0. The summed E-state index contributed by atoms with van der Waals surface area (Å²) in [6, 6.07) is 0. The first-order valence-electron chi connectivity index (χ1n) is 3.02. The number of nitrogens with two attached hydrogens (primary N) is 1. The van der Waals surface area contributed by atoms with Crippen LogP contribution >= 0.6 is 0 Å². The molecule has 0 unspecified atom stereocenters. The molecule has 1 rings (SSSR count). The van der Waals surface area contributed by atoms with Crippen LogP contribution in [0.3, 0.4) is 0 Å². The Morgan fingerprint density at radius 1 is 1.70 bits per heavy atom. The zero-order valence-corrected chi connectivity index (χ0v) is 5.50. The molecule has 0 saturated heterocycles. The summed E-state index contributed by atoms with van der Waals surface area (Å²) in [5, 5.41) is 3.49. The number of nitrogens with zero attached hydrogens (tertiary/aromatic N) is 1. The van der Waals surface area contributed by atoms with Gasteiger partial charge in [-0.15, -0.1) is 0 Å². The van der Waals surface area contributed by atoms with Crippen LogP contribution in [0.5, 0.6) is 0 Å². The van der Waals surface area contributed by atoms with Crippen LogP contribution in [0, 0.1) is 11.8 Å². The predicted octanol–water partition coefficient (Wildman–Crippen LogP) is 0.375. The summed E-state index contributed by atoms with van der Waals surface area (Å²) in [7, 11) is 0. The zero-order valence-electron chi connectivity index (χ0n) is 5.50. The summed E-state index contributed by atoms with van der Waals surface area (Å²) >= 11 is 0. The average Bonchev–Trinajstić information content (AvgIpc) is 2.41. The van der Waals surface area contributed by atoms with Gasteiger partial charge in [-0.05, 0) is 0 Å². The summed E-state index contributed by atoms with van der Waals surface area (Å²) in [5.41, 5.74) is 6.03. The lowest BCUT2D eigenvalue weighted by molar-refractivity contribution is 0.419. The molecular formula is C7H8N2O. The van der Waals surface area contributed by atoms with E-state index >= 15 is 0 Å². The van der Waals surface area contributed by atoms with E-state index in [9.17, 15) is 0 Å². The molecule has 0 bridgehead atoms. The molecule has 0 spiro atoms. The normalized spacial score (nSPS) is 8.50. The summed E-state index contributed by atoms with van der Waals surface area (Å²) in [6.45, 7) is 0.596. The van der Waals surface area contributed by atoms with Crippen LogP contribution in [0.4, 0.5) is 0 Å². The molecule has 0 atom stereocenters. The second kappa shape index (κ2) is 3.70. The van der Waals surface area contributed by atoms with Gasteiger partial charge in [0.25, 0.3) is 0 Å². The van der Waals surface area contributed by atoms with Crippen LogP contribution in [-0.2, 0) is 0 Å². The van der Waals surface area contributed by atoms with Crippen molar-refractivity contribution in [3.63, 3.8) is 0 Å². The maximum absolute atomic E-state index is 5.23. The van der Waals surface area contributed by atoms with Crippen LogP contribution in [0.1, 0.15) is 12.0 Å². The van der Waals surface area contributed by atoms with Gasteiger partial charge in [-0.1, -0.05) is 17.0 Å². The van der Waals surface area contributed by atoms with Crippen molar-refractivity contribution in [3.8, 4) is 11.8 Å². The molecular weight excluding hydrogens is 128 g/mol. The lowest BCUT2D eigenvalue weighted by atomic mass is 10.3. The van der Waals surface area contributed by atoms with Crippen molar-refractivity contribution in [2.75, 3.05) is 6.54 Å². The molecule has 52 valence electrons. The van der Waals surface area contributed by atoms with Crippen LogP contribution in [0.25, 0.3) is 0 Å². The molecule has 3 nitrogen and oxygen atoms in total. The maximum Gasteiger partial charge on any atom is 0.139 e. The molecule has 1 aromatic rings. The van der Waals surface area contributed by atoms with Crippen LogP contribution in [0.2, 0.25) is 0 Å². The molecule has 0 fully saturated rings. The highest BCUT2D eigenvalue weighted by atomic mass is 16.5. The average molecular weight is 136 g/mol.